The predicted molar refractivity (Wildman–Crippen MR) is 173 cm³/mol. The van der Waals surface area contributed by atoms with E-state index in [0.29, 0.717) is 74.7 Å². The molecule has 1 heterocycles. The number of rotatable bonds is 20. The molecule has 3 aromatic carbocycles. The summed E-state index contributed by atoms with van der Waals surface area (Å²) in [5.41, 5.74) is 2.21. The van der Waals surface area contributed by atoms with Gasteiger partial charge in [0.1, 0.15) is 37.1 Å². The topological polar surface area (TPSA) is 111 Å². The molecular formula is C36H43NO9. The fraction of sp³-hybridized carbons (Fsp3) is 0.389. The van der Waals surface area contributed by atoms with Gasteiger partial charge in [0.15, 0.2) is 6.29 Å². The van der Waals surface area contributed by atoms with E-state index in [1.54, 1.807) is 36.4 Å². The summed E-state index contributed by atoms with van der Waals surface area (Å²) in [7, 11) is 0. The Morgan fingerprint density at radius 2 is 1.54 bits per heavy atom. The van der Waals surface area contributed by atoms with E-state index in [4.69, 9.17) is 33.2 Å². The fourth-order valence-electron chi connectivity index (χ4n) is 4.34. The predicted octanol–water partition coefficient (Wildman–Crippen LogP) is 6.20. The molecule has 10 heteroatoms. The van der Waals surface area contributed by atoms with Crippen LogP contribution in [0.5, 0.6) is 17.2 Å². The molecular weight excluding hydrogens is 590 g/mol. The Balaban J connectivity index is 1.15. The van der Waals surface area contributed by atoms with Crippen LogP contribution in [0.15, 0.2) is 85.5 Å². The molecule has 1 saturated heterocycles. The second-order valence-electron chi connectivity index (χ2n) is 11.2. The SMILES string of the molecule is C=CC(=O)OCCOCCOc1ccc(COc2ccc(NC(=O)c3ccc(OC(CCC)OCC4(C)COC4)cc3)cc2)cc1. The molecule has 1 unspecified atom stereocenters. The highest BCUT2D eigenvalue weighted by atomic mass is 16.7. The minimum Gasteiger partial charge on any atom is -0.491 e. The average molecular weight is 634 g/mol. The summed E-state index contributed by atoms with van der Waals surface area (Å²) >= 11 is 0. The second kappa shape index (κ2) is 17.9. The van der Waals surface area contributed by atoms with Crippen molar-refractivity contribution in [2.45, 2.75) is 39.6 Å². The van der Waals surface area contributed by atoms with E-state index in [9.17, 15) is 9.59 Å². The third-order valence-electron chi connectivity index (χ3n) is 7.00. The van der Waals surface area contributed by atoms with Crippen molar-refractivity contribution in [3.63, 3.8) is 0 Å². The summed E-state index contributed by atoms with van der Waals surface area (Å²) in [5.74, 6) is 1.36. The van der Waals surface area contributed by atoms with Gasteiger partial charge in [-0.1, -0.05) is 39.0 Å². The number of anilines is 1. The third kappa shape index (κ3) is 11.5. The van der Waals surface area contributed by atoms with Gasteiger partial charge in [0.25, 0.3) is 5.91 Å². The number of carbonyl (C=O) groups excluding carboxylic acids is 2. The highest BCUT2D eigenvalue weighted by molar-refractivity contribution is 6.04. The summed E-state index contributed by atoms with van der Waals surface area (Å²) in [6.45, 7) is 11.2. The Morgan fingerprint density at radius 3 is 2.20 bits per heavy atom. The van der Waals surface area contributed by atoms with Crippen molar-refractivity contribution in [1.29, 1.82) is 0 Å². The molecule has 0 spiro atoms. The number of esters is 1. The molecule has 1 fully saturated rings. The van der Waals surface area contributed by atoms with Crippen molar-refractivity contribution in [3.8, 4) is 17.2 Å². The molecule has 1 aliphatic rings. The van der Waals surface area contributed by atoms with Crippen LogP contribution < -0.4 is 19.5 Å². The number of nitrogens with one attached hydrogen (secondary N) is 1. The monoisotopic (exact) mass is 633 g/mol. The summed E-state index contributed by atoms with van der Waals surface area (Å²) in [5, 5.41) is 2.92. The van der Waals surface area contributed by atoms with Crippen molar-refractivity contribution in [3.05, 3.63) is 96.6 Å². The van der Waals surface area contributed by atoms with Gasteiger partial charge in [0, 0.05) is 29.2 Å². The summed E-state index contributed by atoms with van der Waals surface area (Å²) in [4.78, 5) is 23.8. The maximum atomic E-state index is 12.8. The quantitative estimate of drug-likeness (QED) is 0.0673. The molecule has 0 bridgehead atoms. The lowest BCUT2D eigenvalue weighted by Crippen LogP contribution is -2.44. The first-order chi connectivity index (χ1) is 22.4. The van der Waals surface area contributed by atoms with Crippen LogP contribution in [0, 0.1) is 5.41 Å². The first-order valence-corrected chi connectivity index (χ1v) is 15.4. The van der Waals surface area contributed by atoms with Gasteiger partial charge in [0.05, 0.1) is 33.0 Å². The maximum Gasteiger partial charge on any atom is 0.330 e. The number of hydrogen-bond donors (Lipinski definition) is 1. The van der Waals surface area contributed by atoms with Crippen LogP contribution in [0.3, 0.4) is 0 Å². The van der Waals surface area contributed by atoms with Crippen LogP contribution in [0.2, 0.25) is 0 Å². The van der Waals surface area contributed by atoms with Crippen LogP contribution in [0.1, 0.15) is 42.6 Å². The molecule has 3 aromatic rings. The minimum atomic E-state index is -0.470. The highest BCUT2D eigenvalue weighted by Crippen LogP contribution is 2.28. The van der Waals surface area contributed by atoms with Gasteiger partial charge < -0.3 is 38.5 Å². The number of hydrogen-bond acceptors (Lipinski definition) is 9. The number of benzene rings is 3. The van der Waals surface area contributed by atoms with Gasteiger partial charge in [-0.15, -0.1) is 0 Å². The standard InChI is InChI=1S/C36H43NO9/c1-4-6-34(45-26-36(3)24-41-25-36)46-32-15-9-28(10-16-32)35(39)37-29-11-17-31(18-12-29)44-23-27-7-13-30(14-8-27)42-21-19-40-20-22-43-33(38)5-2/h5,7-18,34H,2,4,6,19-26H2,1,3H3,(H,37,39). The molecule has 10 nitrogen and oxygen atoms in total. The average Bonchev–Trinajstić information content (AvgIpc) is 3.06. The lowest BCUT2D eigenvalue weighted by Gasteiger charge is -2.38. The van der Waals surface area contributed by atoms with Crippen molar-refractivity contribution in [1.82, 2.24) is 0 Å². The Kier molecular flexibility index (Phi) is 13.5. The summed E-state index contributed by atoms with van der Waals surface area (Å²) in [6, 6.07) is 21.9. The van der Waals surface area contributed by atoms with Gasteiger partial charge in [-0.2, -0.15) is 0 Å². The molecule has 1 N–H and O–H groups in total. The molecule has 0 radical (unpaired) electrons. The molecule has 0 aromatic heterocycles. The fourth-order valence-corrected chi connectivity index (χ4v) is 4.34. The van der Waals surface area contributed by atoms with E-state index >= 15 is 0 Å². The van der Waals surface area contributed by atoms with Crippen LogP contribution in [0.4, 0.5) is 5.69 Å². The normalized spacial score (nSPS) is 14.0. The number of ether oxygens (including phenoxy) is 7. The number of carbonyl (C=O) groups is 2. The largest absolute Gasteiger partial charge is 0.491 e. The molecule has 1 amide bonds. The van der Waals surface area contributed by atoms with Gasteiger partial charge in [-0.3, -0.25) is 4.79 Å². The Morgan fingerprint density at radius 1 is 0.891 bits per heavy atom. The van der Waals surface area contributed by atoms with E-state index in [2.05, 4.69) is 25.7 Å². The van der Waals surface area contributed by atoms with Crippen LogP contribution in [0.25, 0.3) is 0 Å². The molecule has 0 aliphatic carbocycles. The van der Waals surface area contributed by atoms with Crippen molar-refractivity contribution >= 4 is 17.6 Å². The third-order valence-corrected chi connectivity index (χ3v) is 7.00. The van der Waals surface area contributed by atoms with E-state index in [0.717, 1.165) is 24.5 Å². The maximum absolute atomic E-state index is 12.8. The van der Waals surface area contributed by atoms with Crippen LogP contribution in [-0.2, 0) is 30.3 Å². The molecule has 46 heavy (non-hydrogen) atoms. The second-order valence-corrected chi connectivity index (χ2v) is 11.2. The lowest BCUT2D eigenvalue weighted by molar-refractivity contribution is -0.179. The van der Waals surface area contributed by atoms with E-state index < -0.39 is 5.97 Å². The molecule has 1 aliphatic heterocycles. The first-order valence-electron chi connectivity index (χ1n) is 15.4. The van der Waals surface area contributed by atoms with E-state index in [1.165, 1.54) is 0 Å². The van der Waals surface area contributed by atoms with Gasteiger partial charge in [-0.05, 0) is 66.2 Å². The summed E-state index contributed by atoms with van der Waals surface area (Å²) in [6.07, 6.45) is 2.48. The van der Waals surface area contributed by atoms with E-state index in [1.807, 2.05) is 36.4 Å². The number of amides is 1. The summed E-state index contributed by atoms with van der Waals surface area (Å²) < 4.78 is 39.1. The Labute approximate surface area is 270 Å². The smallest absolute Gasteiger partial charge is 0.330 e. The zero-order chi connectivity index (χ0) is 32.6. The molecule has 0 saturated carbocycles. The molecule has 1 atom stereocenters. The van der Waals surface area contributed by atoms with Crippen molar-refractivity contribution < 1.29 is 42.7 Å². The van der Waals surface area contributed by atoms with E-state index in [-0.39, 0.29) is 24.2 Å². The Hall–Kier alpha value is -4.38. The highest BCUT2D eigenvalue weighted by Gasteiger charge is 2.34. The van der Waals surface area contributed by atoms with Crippen LogP contribution >= 0.6 is 0 Å². The lowest BCUT2D eigenvalue weighted by atomic mass is 9.90. The van der Waals surface area contributed by atoms with Crippen LogP contribution in [-0.4, -0.2) is 64.4 Å². The Bertz CT molecular complexity index is 1370. The molecule has 4 rings (SSSR count). The molecule has 246 valence electrons. The minimum absolute atomic E-state index is 0.0514. The zero-order valence-electron chi connectivity index (χ0n) is 26.5. The van der Waals surface area contributed by atoms with Gasteiger partial charge in [-0.25, -0.2) is 4.79 Å². The van der Waals surface area contributed by atoms with Crippen molar-refractivity contribution in [2.24, 2.45) is 5.41 Å². The first kappa shape index (κ1) is 34.5. The van der Waals surface area contributed by atoms with Crippen molar-refractivity contribution in [2.75, 3.05) is 51.6 Å². The zero-order valence-corrected chi connectivity index (χ0v) is 26.5. The van der Waals surface area contributed by atoms with Gasteiger partial charge >= 0.3 is 5.97 Å². The van der Waals surface area contributed by atoms with Gasteiger partial charge in [0.2, 0.25) is 0 Å².